The molecule has 2 heterocycles. The number of hydrogen-bond donors (Lipinski definition) is 2. The lowest BCUT2D eigenvalue weighted by Gasteiger charge is -2.23. The summed E-state index contributed by atoms with van der Waals surface area (Å²) in [5, 5.41) is 12.7. The molecule has 21 heavy (non-hydrogen) atoms. The Kier molecular flexibility index (Phi) is 5.74. The molecule has 0 amide bonds. The second-order valence-electron chi connectivity index (χ2n) is 4.96. The van der Waals surface area contributed by atoms with Crippen LogP contribution in [0, 0.1) is 0 Å². The molecule has 0 aliphatic carbocycles. The third kappa shape index (κ3) is 4.86. The van der Waals surface area contributed by atoms with E-state index in [1.54, 1.807) is 0 Å². The van der Waals surface area contributed by atoms with Crippen LogP contribution in [0.3, 0.4) is 0 Å². The van der Waals surface area contributed by atoms with Gasteiger partial charge in [-0.05, 0) is 19.3 Å². The monoisotopic (exact) mass is 295 g/mol. The summed E-state index contributed by atoms with van der Waals surface area (Å²) in [5.74, 6) is -0.553. The van der Waals surface area contributed by atoms with E-state index in [-0.39, 0.29) is 23.6 Å². The van der Waals surface area contributed by atoms with Crippen molar-refractivity contribution in [2.24, 2.45) is 0 Å². The van der Waals surface area contributed by atoms with Crippen molar-refractivity contribution in [2.45, 2.75) is 38.6 Å². The van der Waals surface area contributed by atoms with Gasteiger partial charge in [-0.2, -0.15) is 4.98 Å². The van der Waals surface area contributed by atoms with E-state index < -0.39 is 5.97 Å². The molecule has 0 bridgehead atoms. The predicted octanol–water partition coefficient (Wildman–Crippen LogP) is 1.73. The molecule has 0 saturated carbocycles. The number of ether oxygens (including phenoxy) is 2. The van der Waals surface area contributed by atoms with Crippen LogP contribution < -0.4 is 5.32 Å². The van der Waals surface area contributed by atoms with Gasteiger partial charge >= 0.3 is 5.97 Å². The fourth-order valence-corrected chi connectivity index (χ4v) is 2.01. The average Bonchev–Trinajstić information content (AvgIpc) is 2.48. The molecular weight excluding hydrogens is 274 g/mol. The smallest absolute Gasteiger partial charge is 0.357 e. The lowest BCUT2D eigenvalue weighted by Crippen LogP contribution is -2.29. The molecule has 1 fully saturated rings. The summed E-state index contributed by atoms with van der Waals surface area (Å²) in [6.07, 6.45) is 3.43. The zero-order valence-corrected chi connectivity index (χ0v) is 12.2. The summed E-state index contributed by atoms with van der Waals surface area (Å²) in [7, 11) is 0. The van der Waals surface area contributed by atoms with E-state index >= 15 is 0 Å². The van der Waals surface area contributed by atoms with Crippen LogP contribution in [0.15, 0.2) is 6.07 Å². The van der Waals surface area contributed by atoms with E-state index in [2.05, 4.69) is 15.3 Å². The van der Waals surface area contributed by atoms with Gasteiger partial charge in [0.05, 0.1) is 6.61 Å². The molecule has 7 nitrogen and oxygen atoms in total. The second kappa shape index (κ2) is 7.78. The van der Waals surface area contributed by atoms with E-state index in [4.69, 9.17) is 9.47 Å². The first-order valence-electron chi connectivity index (χ1n) is 7.28. The predicted molar refractivity (Wildman–Crippen MR) is 76.4 cm³/mol. The van der Waals surface area contributed by atoms with Crippen LogP contribution in [0.25, 0.3) is 0 Å². The lowest BCUT2D eigenvalue weighted by atomic mass is 10.1. The van der Waals surface area contributed by atoms with Crippen LogP contribution in [0.4, 0.5) is 5.95 Å². The molecule has 1 saturated heterocycles. The largest absolute Gasteiger partial charge is 0.493 e. The van der Waals surface area contributed by atoms with Crippen molar-refractivity contribution in [3.8, 4) is 5.88 Å². The van der Waals surface area contributed by atoms with Gasteiger partial charge in [0.2, 0.25) is 11.8 Å². The fraction of sp³-hybridized carbons (Fsp3) is 0.643. The molecule has 0 radical (unpaired) electrons. The summed E-state index contributed by atoms with van der Waals surface area (Å²) in [6.45, 7) is 3.73. The molecule has 1 aliphatic heterocycles. The number of unbranched alkanes of at least 4 members (excludes halogenated alkanes) is 1. The highest BCUT2D eigenvalue weighted by Crippen LogP contribution is 2.16. The molecule has 0 aromatic carbocycles. The SMILES string of the molecule is CCCCOC(=O)c1cc(O)nc(NC2CCOCC2)n1. The number of carbonyl (C=O) groups excluding carboxylic acids is 1. The van der Waals surface area contributed by atoms with E-state index in [1.165, 1.54) is 6.07 Å². The number of hydrogen-bond acceptors (Lipinski definition) is 7. The Hall–Kier alpha value is -1.89. The van der Waals surface area contributed by atoms with Crippen LogP contribution in [-0.4, -0.2) is 46.9 Å². The minimum absolute atomic E-state index is 0.0631. The lowest BCUT2D eigenvalue weighted by molar-refractivity contribution is 0.0492. The maximum Gasteiger partial charge on any atom is 0.357 e. The van der Waals surface area contributed by atoms with Gasteiger partial charge in [-0.15, -0.1) is 0 Å². The number of nitrogens with one attached hydrogen (secondary N) is 1. The van der Waals surface area contributed by atoms with Crippen LogP contribution in [0.1, 0.15) is 43.1 Å². The molecule has 0 atom stereocenters. The highest BCUT2D eigenvalue weighted by molar-refractivity contribution is 5.87. The van der Waals surface area contributed by atoms with Gasteiger partial charge in [0.15, 0.2) is 5.69 Å². The van der Waals surface area contributed by atoms with Gasteiger partial charge in [0.25, 0.3) is 0 Å². The van der Waals surface area contributed by atoms with Crippen LogP contribution in [-0.2, 0) is 9.47 Å². The van der Waals surface area contributed by atoms with E-state index in [0.717, 1.165) is 25.7 Å². The van der Waals surface area contributed by atoms with Crippen molar-refractivity contribution in [3.63, 3.8) is 0 Å². The Morgan fingerprint density at radius 1 is 1.48 bits per heavy atom. The zero-order valence-electron chi connectivity index (χ0n) is 12.2. The maximum absolute atomic E-state index is 11.8. The van der Waals surface area contributed by atoms with Gasteiger partial charge in [-0.3, -0.25) is 0 Å². The Bertz CT molecular complexity index is 475. The average molecular weight is 295 g/mol. The van der Waals surface area contributed by atoms with Crippen molar-refractivity contribution >= 4 is 11.9 Å². The van der Waals surface area contributed by atoms with E-state index in [1.807, 2.05) is 6.92 Å². The normalized spacial score (nSPS) is 15.7. The number of aromatic nitrogens is 2. The van der Waals surface area contributed by atoms with Crippen LogP contribution >= 0.6 is 0 Å². The first-order valence-corrected chi connectivity index (χ1v) is 7.28. The van der Waals surface area contributed by atoms with Gasteiger partial charge in [-0.25, -0.2) is 9.78 Å². The molecule has 2 rings (SSSR count). The Morgan fingerprint density at radius 3 is 2.95 bits per heavy atom. The van der Waals surface area contributed by atoms with Crippen LogP contribution in [0.5, 0.6) is 5.88 Å². The summed E-state index contributed by atoms with van der Waals surface area (Å²) in [6, 6.07) is 1.40. The fourth-order valence-electron chi connectivity index (χ4n) is 2.01. The molecule has 1 aliphatic rings. The topological polar surface area (TPSA) is 93.6 Å². The van der Waals surface area contributed by atoms with Crippen molar-refractivity contribution in [1.29, 1.82) is 0 Å². The molecule has 1 aromatic rings. The number of aromatic hydroxyl groups is 1. The number of nitrogens with zero attached hydrogens (tertiary/aromatic N) is 2. The quantitative estimate of drug-likeness (QED) is 0.609. The molecule has 1 aromatic heterocycles. The van der Waals surface area contributed by atoms with Gasteiger partial charge in [0, 0.05) is 25.3 Å². The summed E-state index contributed by atoms with van der Waals surface area (Å²) in [4.78, 5) is 19.8. The molecular formula is C14H21N3O4. The Morgan fingerprint density at radius 2 is 2.24 bits per heavy atom. The summed E-state index contributed by atoms with van der Waals surface area (Å²) in [5.41, 5.74) is 0.0631. The number of rotatable bonds is 6. The molecule has 0 spiro atoms. The second-order valence-corrected chi connectivity index (χ2v) is 4.96. The van der Waals surface area contributed by atoms with Gasteiger partial charge in [-0.1, -0.05) is 13.3 Å². The van der Waals surface area contributed by atoms with Crippen molar-refractivity contribution < 1.29 is 19.4 Å². The number of esters is 1. The van der Waals surface area contributed by atoms with Gasteiger partial charge < -0.3 is 19.9 Å². The first kappa shape index (κ1) is 15.5. The van der Waals surface area contributed by atoms with E-state index in [0.29, 0.717) is 19.8 Å². The number of carbonyl (C=O) groups is 1. The Balaban J connectivity index is 2.00. The number of anilines is 1. The standard InChI is InChI=1S/C14H21N3O4/c1-2-3-6-21-13(19)11-9-12(18)17-14(16-11)15-10-4-7-20-8-5-10/h9-10H,2-8H2,1H3,(H2,15,16,17,18). The minimum atomic E-state index is -0.545. The molecule has 2 N–H and O–H groups in total. The Labute approximate surface area is 123 Å². The zero-order chi connectivity index (χ0) is 15.1. The van der Waals surface area contributed by atoms with Crippen LogP contribution in [0.2, 0.25) is 0 Å². The minimum Gasteiger partial charge on any atom is -0.493 e. The maximum atomic E-state index is 11.8. The first-order chi connectivity index (χ1) is 10.2. The molecule has 0 unspecified atom stereocenters. The van der Waals surface area contributed by atoms with Gasteiger partial charge in [0.1, 0.15) is 0 Å². The summed E-state index contributed by atoms with van der Waals surface area (Å²) >= 11 is 0. The summed E-state index contributed by atoms with van der Waals surface area (Å²) < 4.78 is 10.4. The highest BCUT2D eigenvalue weighted by atomic mass is 16.5. The highest BCUT2D eigenvalue weighted by Gasteiger charge is 2.17. The van der Waals surface area contributed by atoms with Crippen molar-refractivity contribution in [3.05, 3.63) is 11.8 Å². The third-order valence-electron chi connectivity index (χ3n) is 3.21. The molecule has 116 valence electrons. The van der Waals surface area contributed by atoms with Crippen molar-refractivity contribution in [2.75, 3.05) is 25.1 Å². The third-order valence-corrected chi connectivity index (χ3v) is 3.21. The van der Waals surface area contributed by atoms with E-state index in [9.17, 15) is 9.90 Å². The van der Waals surface area contributed by atoms with Crippen molar-refractivity contribution in [1.82, 2.24) is 9.97 Å². The molecule has 7 heteroatoms.